The van der Waals surface area contributed by atoms with Crippen LogP contribution >= 0.6 is 0 Å². The number of phenolic OH excluding ortho intramolecular Hbond substituents is 1. The summed E-state index contributed by atoms with van der Waals surface area (Å²) in [6.45, 7) is 1.68. The lowest BCUT2D eigenvalue weighted by molar-refractivity contribution is -0.148. The standard InChI is InChI=1S/C14H17F3N2O2/c1-10-2-3-11(8-12(10)20)13(21)19-6-4-18(5-7-19)9-14(15,16)17/h2-3,8,20H,4-7,9H2,1H3. The summed E-state index contributed by atoms with van der Waals surface area (Å²) in [4.78, 5) is 15.0. The molecule has 0 unspecified atom stereocenters. The lowest BCUT2D eigenvalue weighted by Gasteiger charge is -2.35. The van der Waals surface area contributed by atoms with Crippen LogP contribution in [0.5, 0.6) is 5.75 Å². The van der Waals surface area contributed by atoms with Crippen LogP contribution in [0.3, 0.4) is 0 Å². The highest BCUT2D eigenvalue weighted by Crippen LogP contribution is 2.20. The van der Waals surface area contributed by atoms with Gasteiger partial charge in [0.1, 0.15) is 5.75 Å². The van der Waals surface area contributed by atoms with E-state index >= 15 is 0 Å². The summed E-state index contributed by atoms with van der Waals surface area (Å²) >= 11 is 0. The van der Waals surface area contributed by atoms with Crippen molar-refractivity contribution in [3.05, 3.63) is 29.3 Å². The molecule has 2 rings (SSSR count). The van der Waals surface area contributed by atoms with Gasteiger partial charge in [-0.25, -0.2) is 0 Å². The Bertz CT molecular complexity index is 523. The molecular formula is C14H17F3N2O2. The molecule has 1 saturated heterocycles. The predicted octanol–water partition coefficient (Wildman–Crippen LogP) is 2.02. The largest absolute Gasteiger partial charge is 0.508 e. The molecule has 21 heavy (non-hydrogen) atoms. The average Bonchev–Trinajstić information content (AvgIpc) is 2.40. The van der Waals surface area contributed by atoms with Gasteiger partial charge in [0, 0.05) is 31.7 Å². The fraction of sp³-hybridized carbons (Fsp3) is 0.500. The zero-order chi connectivity index (χ0) is 15.6. The number of halogens is 3. The number of alkyl halides is 3. The van der Waals surface area contributed by atoms with Crippen LogP contribution in [0.1, 0.15) is 15.9 Å². The van der Waals surface area contributed by atoms with Gasteiger partial charge < -0.3 is 10.0 Å². The molecule has 0 saturated carbocycles. The topological polar surface area (TPSA) is 43.8 Å². The molecule has 4 nitrogen and oxygen atoms in total. The van der Waals surface area contributed by atoms with Gasteiger partial charge in [-0.3, -0.25) is 9.69 Å². The van der Waals surface area contributed by atoms with Gasteiger partial charge in [-0.2, -0.15) is 13.2 Å². The third-order valence-corrected chi connectivity index (χ3v) is 3.52. The van der Waals surface area contributed by atoms with E-state index in [-0.39, 0.29) is 37.8 Å². The molecule has 116 valence electrons. The van der Waals surface area contributed by atoms with E-state index in [0.29, 0.717) is 11.1 Å². The summed E-state index contributed by atoms with van der Waals surface area (Å²) in [5.74, 6) is -0.228. The maximum absolute atomic E-state index is 12.3. The van der Waals surface area contributed by atoms with Crippen molar-refractivity contribution >= 4 is 5.91 Å². The Balaban J connectivity index is 1.95. The zero-order valence-electron chi connectivity index (χ0n) is 11.7. The van der Waals surface area contributed by atoms with Crippen LogP contribution in [0.2, 0.25) is 0 Å². The normalized spacial score (nSPS) is 17.0. The summed E-state index contributed by atoms with van der Waals surface area (Å²) in [7, 11) is 0. The van der Waals surface area contributed by atoms with Crippen LogP contribution in [0.15, 0.2) is 18.2 Å². The third-order valence-electron chi connectivity index (χ3n) is 3.52. The number of hydrogen-bond donors (Lipinski definition) is 1. The van der Waals surface area contributed by atoms with Gasteiger partial charge in [-0.1, -0.05) is 6.07 Å². The van der Waals surface area contributed by atoms with Crippen molar-refractivity contribution in [2.75, 3.05) is 32.7 Å². The zero-order valence-corrected chi connectivity index (χ0v) is 11.7. The number of aryl methyl sites for hydroxylation is 1. The van der Waals surface area contributed by atoms with Crippen molar-refractivity contribution in [1.29, 1.82) is 0 Å². The molecule has 1 aliphatic rings. The number of amides is 1. The highest BCUT2D eigenvalue weighted by atomic mass is 19.4. The Morgan fingerprint density at radius 1 is 1.24 bits per heavy atom. The van der Waals surface area contributed by atoms with Gasteiger partial charge >= 0.3 is 6.18 Å². The molecule has 1 amide bonds. The second-order valence-corrected chi connectivity index (χ2v) is 5.18. The van der Waals surface area contributed by atoms with Crippen molar-refractivity contribution in [2.45, 2.75) is 13.1 Å². The second kappa shape index (κ2) is 5.93. The van der Waals surface area contributed by atoms with E-state index < -0.39 is 12.7 Å². The summed E-state index contributed by atoms with van der Waals surface area (Å²) in [5, 5.41) is 9.61. The van der Waals surface area contributed by atoms with Gasteiger partial charge in [0.25, 0.3) is 5.91 Å². The minimum Gasteiger partial charge on any atom is -0.508 e. The van der Waals surface area contributed by atoms with Gasteiger partial charge in [-0.05, 0) is 24.6 Å². The lowest BCUT2D eigenvalue weighted by atomic mass is 10.1. The van der Waals surface area contributed by atoms with E-state index in [4.69, 9.17) is 0 Å². The molecule has 0 radical (unpaired) electrons. The summed E-state index contributed by atoms with van der Waals surface area (Å²) in [6, 6.07) is 4.64. The molecule has 7 heteroatoms. The van der Waals surface area contributed by atoms with Crippen LogP contribution in [-0.4, -0.2) is 59.7 Å². The average molecular weight is 302 g/mol. The minimum absolute atomic E-state index is 0.0385. The fourth-order valence-electron chi connectivity index (χ4n) is 2.29. The highest BCUT2D eigenvalue weighted by molar-refractivity contribution is 5.94. The molecule has 1 aromatic rings. The first-order valence-electron chi connectivity index (χ1n) is 6.64. The summed E-state index contributed by atoms with van der Waals surface area (Å²) in [6.07, 6.45) is -4.21. The van der Waals surface area contributed by atoms with E-state index in [1.807, 2.05) is 0 Å². The van der Waals surface area contributed by atoms with E-state index in [2.05, 4.69) is 0 Å². The van der Waals surface area contributed by atoms with Crippen LogP contribution < -0.4 is 0 Å². The fourth-order valence-corrected chi connectivity index (χ4v) is 2.29. The number of piperazine rings is 1. The van der Waals surface area contributed by atoms with E-state index in [1.165, 1.54) is 15.9 Å². The van der Waals surface area contributed by atoms with Gasteiger partial charge in [0.2, 0.25) is 0 Å². The lowest BCUT2D eigenvalue weighted by Crippen LogP contribution is -2.50. The third kappa shape index (κ3) is 4.10. The number of aromatic hydroxyl groups is 1. The van der Waals surface area contributed by atoms with Crippen molar-refractivity contribution in [3.8, 4) is 5.75 Å². The molecule has 1 fully saturated rings. The van der Waals surface area contributed by atoms with Crippen molar-refractivity contribution in [3.63, 3.8) is 0 Å². The van der Waals surface area contributed by atoms with Crippen LogP contribution in [0.4, 0.5) is 13.2 Å². The van der Waals surface area contributed by atoms with Gasteiger partial charge in [0.05, 0.1) is 6.54 Å². The van der Waals surface area contributed by atoms with Crippen molar-refractivity contribution in [2.24, 2.45) is 0 Å². The first kappa shape index (κ1) is 15.6. The maximum atomic E-state index is 12.3. The number of carbonyl (C=O) groups is 1. The maximum Gasteiger partial charge on any atom is 0.401 e. The summed E-state index contributed by atoms with van der Waals surface area (Å²) < 4.78 is 36.9. The van der Waals surface area contributed by atoms with Crippen LogP contribution in [0, 0.1) is 6.92 Å². The van der Waals surface area contributed by atoms with Gasteiger partial charge in [0.15, 0.2) is 0 Å². The second-order valence-electron chi connectivity index (χ2n) is 5.18. The van der Waals surface area contributed by atoms with Crippen LogP contribution in [-0.2, 0) is 0 Å². The van der Waals surface area contributed by atoms with Gasteiger partial charge in [-0.15, -0.1) is 0 Å². The molecule has 1 N–H and O–H groups in total. The Kier molecular flexibility index (Phi) is 4.41. The molecule has 1 aromatic carbocycles. The quantitative estimate of drug-likeness (QED) is 0.909. The minimum atomic E-state index is -4.21. The molecule has 0 bridgehead atoms. The molecular weight excluding hydrogens is 285 g/mol. The smallest absolute Gasteiger partial charge is 0.401 e. The Labute approximate surface area is 120 Å². The molecule has 0 aromatic heterocycles. The molecule has 1 aliphatic heterocycles. The monoisotopic (exact) mass is 302 g/mol. The highest BCUT2D eigenvalue weighted by Gasteiger charge is 2.33. The Morgan fingerprint density at radius 3 is 2.38 bits per heavy atom. The van der Waals surface area contributed by atoms with Crippen molar-refractivity contribution < 1.29 is 23.1 Å². The Hall–Kier alpha value is -1.76. The molecule has 0 aliphatic carbocycles. The van der Waals surface area contributed by atoms with E-state index in [9.17, 15) is 23.1 Å². The number of phenols is 1. The molecule has 1 heterocycles. The number of nitrogens with zero attached hydrogens (tertiary/aromatic N) is 2. The number of rotatable bonds is 2. The first-order chi connectivity index (χ1) is 9.76. The van der Waals surface area contributed by atoms with E-state index in [1.54, 1.807) is 19.1 Å². The number of hydrogen-bond acceptors (Lipinski definition) is 3. The van der Waals surface area contributed by atoms with E-state index in [0.717, 1.165) is 0 Å². The summed E-state index contributed by atoms with van der Waals surface area (Å²) in [5.41, 5.74) is 1.02. The predicted molar refractivity (Wildman–Crippen MR) is 71.2 cm³/mol. The molecule has 0 atom stereocenters. The van der Waals surface area contributed by atoms with Crippen molar-refractivity contribution in [1.82, 2.24) is 9.80 Å². The molecule has 0 spiro atoms. The van der Waals surface area contributed by atoms with Crippen LogP contribution in [0.25, 0.3) is 0 Å². The first-order valence-corrected chi connectivity index (χ1v) is 6.64. The Morgan fingerprint density at radius 2 is 1.86 bits per heavy atom. The SMILES string of the molecule is Cc1ccc(C(=O)N2CCN(CC(F)(F)F)CC2)cc1O. The number of carbonyl (C=O) groups excluding carboxylic acids is 1. The number of benzene rings is 1.